The van der Waals surface area contributed by atoms with Crippen molar-refractivity contribution in [2.24, 2.45) is 0 Å². The highest BCUT2D eigenvalue weighted by Crippen LogP contribution is 2.34. The zero-order valence-electron chi connectivity index (χ0n) is 19.7. The first-order valence-corrected chi connectivity index (χ1v) is 11.4. The largest absolute Gasteiger partial charge is 0.497 e. The lowest BCUT2D eigenvalue weighted by Gasteiger charge is -2.29. The lowest BCUT2D eigenvalue weighted by atomic mass is 9.87. The summed E-state index contributed by atoms with van der Waals surface area (Å²) in [6, 6.07) is 12.9. The molecule has 0 saturated carbocycles. The Morgan fingerprint density at radius 1 is 1.12 bits per heavy atom. The van der Waals surface area contributed by atoms with Gasteiger partial charge in [-0.05, 0) is 55.3 Å². The second-order valence-corrected chi connectivity index (χ2v) is 8.40. The average Bonchev–Trinajstić information content (AvgIpc) is 3.14. The molecule has 34 heavy (non-hydrogen) atoms. The number of hydrogen-bond donors (Lipinski definition) is 2. The van der Waals surface area contributed by atoms with E-state index in [1.807, 2.05) is 31.2 Å². The summed E-state index contributed by atoms with van der Waals surface area (Å²) in [7, 11) is 1.56. The van der Waals surface area contributed by atoms with Gasteiger partial charge >= 0.3 is 6.03 Å². The van der Waals surface area contributed by atoms with Gasteiger partial charge in [0.1, 0.15) is 17.3 Å². The number of nitrogens with one attached hydrogen (secondary N) is 2. The molecule has 2 aromatic carbocycles. The van der Waals surface area contributed by atoms with Crippen molar-refractivity contribution in [2.75, 3.05) is 43.6 Å². The number of amides is 4. The third-order valence-corrected chi connectivity index (χ3v) is 6.51. The van der Waals surface area contributed by atoms with Crippen LogP contribution in [0.4, 0.5) is 16.2 Å². The summed E-state index contributed by atoms with van der Waals surface area (Å²) < 4.78 is 10.6. The van der Waals surface area contributed by atoms with E-state index in [0.717, 1.165) is 23.7 Å². The number of rotatable bonds is 7. The van der Waals surface area contributed by atoms with Crippen molar-refractivity contribution in [2.45, 2.75) is 31.8 Å². The molecule has 2 heterocycles. The summed E-state index contributed by atoms with van der Waals surface area (Å²) in [4.78, 5) is 42.5. The van der Waals surface area contributed by atoms with Crippen molar-refractivity contribution >= 4 is 29.2 Å². The molecule has 4 amide bonds. The first-order valence-electron chi connectivity index (χ1n) is 11.4. The minimum atomic E-state index is -1.22. The lowest BCUT2D eigenvalue weighted by Crippen LogP contribution is -2.47. The average molecular weight is 467 g/mol. The molecule has 0 aromatic heterocycles. The molecule has 2 aromatic rings. The van der Waals surface area contributed by atoms with Gasteiger partial charge in [0.05, 0.1) is 20.3 Å². The lowest BCUT2D eigenvalue weighted by molar-refractivity contribution is -0.136. The van der Waals surface area contributed by atoms with Gasteiger partial charge in [0, 0.05) is 24.5 Å². The van der Waals surface area contributed by atoms with E-state index in [4.69, 9.17) is 9.47 Å². The highest BCUT2D eigenvalue weighted by molar-refractivity contribution is 6.11. The van der Waals surface area contributed by atoms with Crippen LogP contribution in [0.5, 0.6) is 5.75 Å². The maximum absolute atomic E-state index is 13.5. The van der Waals surface area contributed by atoms with E-state index in [9.17, 15) is 14.4 Å². The fourth-order valence-corrected chi connectivity index (χ4v) is 4.40. The zero-order valence-corrected chi connectivity index (χ0v) is 19.7. The predicted molar refractivity (Wildman–Crippen MR) is 128 cm³/mol. The third-order valence-electron chi connectivity index (χ3n) is 6.51. The molecule has 0 aliphatic carbocycles. The van der Waals surface area contributed by atoms with Crippen LogP contribution in [0, 0.1) is 0 Å². The van der Waals surface area contributed by atoms with E-state index < -0.39 is 29.4 Å². The zero-order chi connectivity index (χ0) is 24.3. The first kappa shape index (κ1) is 23.6. The summed E-state index contributed by atoms with van der Waals surface area (Å²) >= 11 is 0. The minimum Gasteiger partial charge on any atom is -0.497 e. The number of urea groups is 1. The van der Waals surface area contributed by atoms with Crippen molar-refractivity contribution in [3.8, 4) is 5.75 Å². The molecule has 2 saturated heterocycles. The molecule has 2 fully saturated rings. The number of morpholine rings is 1. The molecular formula is C25H30N4O5. The molecule has 180 valence electrons. The molecule has 9 nitrogen and oxygen atoms in total. The van der Waals surface area contributed by atoms with Crippen LogP contribution < -0.4 is 20.3 Å². The maximum atomic E-state index is 13.5. The van der Waals surface area contributed by atoms with Crippen LogP contribution in [-0.2, 0) is 19.9 Å². The van der Waals surface area contributed by atoms with Gasteiger partial charge < -0.3 is 25.0 Å². The van der Waals surface area contributed by atoms with E-state index in [-0.39, 0.29) is 0 Å². The van der Waals surface area contributed by atoms with Crippen molar-refractivity contribution < 1.29 is 23.9 Å². The normalized spacial score (nSPS) is 21.3. The second kappa shape index (κ2) is 9.72. The molecule has 2 aliphatic heterocycles. The van der Waals surface area contributed by atoms with Crippen LogP contribution in [0.3, 0.4) is 0 Å². The van der Waals surface area contributed by atoms with E-state index >= 15 is 0 Å². The number of ether oxygens (including phenoxy) is 2. The molecule has 0 spiro atoms. The predicted octanol–water partition coefficient (Wildman–Crippen LogP) is 2.72. The first-order chi connectivity index (χ1) is 16.4. The minimum absolute atomic E-state index is 0.345. The Morgan fingerprint density at radius 2 is 1.76 bits per heavy atom. The molecule has 0 bridgehead atoms. The van der Waals surface area contributed by atoms with Gasteiger partial charge in [0.25, 0.3) is 5.91 Å². The number of benzene rings is 2. The molecule has 0 radical (unpaired) electrons. The third kappa shape index (κ3) is 4.31. The van der Waals surface area contributed by atoms with Crippen molar-refractivity contribution in [1.29, 1.82) is 0 Å². The number of methoxy groups -OCH3 is 1. The van der Waals surface area contributed by atoms with Crippen LogP contribution in [0.1, 0.15) is 25.8 Å². The topological polar surface area (TPSA) is 100 Å². The SMILES string of the molecule is CC[C@]1(c2ccc(OC)cc2)NC(=O)N([C@@H](C)C(=O)Nc2ccc(N3CCOCC3)cc2)C1=O. The van der Waals surface area contributed by atoms with E-state index in [1.165, 1.54) is 0 Å². The summed E-state index contributed by atoms with van der Waals surface area (Å²) in [6.45, 7) is 6.40. The molecule has 0 unspecified atom stereocenters. The second-order valence-electron chi connectivity index (χ2n) is 8.40. The summed E-state index contributed by atoms with van der Waals surface area (Å²) in [5.74, 6) is -0.240. The number of carbonyl (C=O) groups excluding carboxylic acids is 3. The molecule has 2 atom stereocenters. The van der Waals surface area contributed by atoms with Crippen LogP contribution in [0.25, 0.3) is 0 Å². The van der Waals surface area contributed by atoms with E-state index in [0.29, 0.717) is 36.6 Å². The fraction of sp³-hybridized carbons (Fsp3) is 0.400. The number of carbonyl (C=O) groups is 3. The van der Waals surface area contributed by atoms with Gasteiger partial charge in [-0.1, -0.05) is 19.1 Å². The van der Waals surface area contributed by atoms with Gasteiger partial charge in [-0.25, -0.2) is 9.69 Å². The molecular weight excluding hydrogens is 436 g/mol. The maximum Gasteiger partial charge on any atom is 0.326 e. The van der Waals surface area contributed by atoms with Crippen molar-refractivity contribution in [3.05, 3.63) is 54.1 Å². The van der Waals surface area contributed by atoms with Crippen LogP contribution in [-0.4, -0.2) is 62.2 Å². The quantitative estimate of drug-likeness (QED) is 0.609. The Kier molecular flexibility index (Phi) is 6.74. The van der Waals surface area contributed by atoms with Gasteiger partial charge in [-0.15, -0.1) is 0 Å². The summed E-state index contributed by atoms with van der Waals surface area (Å²) in [5.41, 5.74) is 1.06. The Balaban J connectivity index is 1.47. The molecule has 2 N–H and O–H groups in total. The summed E-state index contributed by atoms with van der Waals surface area (Å²) in [6.07, 6.45) is 0.345. The van der Waals surface area contributed by atoms with Gasteiger partial charge in [-0.2, -0.15) is 0 Å². The molecule has 4 rings (SSSR count). The fourth-order valence-electron chi connectivity index (χ4n) is 4.40. The van der Waals surface area contributed by atoms with Gasteiger partial charge in [0.15, 0.2) is 0 Å². The highest BCUT2D eigenvalue weighted by Gasteiger charge is 2.53. The number of hydrogen-bond acceptors (Lipinski definition) is 6. The van der Waals surface area contributed by atoms with E-state index in [2.05, 4.69) is 15.5 Å². The van der Waals surface area contributed by atoms with Gasteiger partial charge in [0.2, 0.25) is 5.91 Å². The number of imide groups is 1. The highest BCUT2D eigenvalue weighted by atomic mass is 16.5. The monoisotopic (exact) mass is 466 g/mol. The van der Waals surface area contributed by atoms with Crippen molar-refractivity contribution in [1.82, 2.24) is 10.2 Å². The Hall–Kier alpha value is -3.59. The van der Waals surface area contributed by atoms with E-state index in [1.54, 1.807) is 38.3 Å². The van der Waals surface area contributed by atoms with Crippen LogP contribution in [0.15, 0.2) is 48.5 Å². The Bertz CT molecular complexity index is 1050. The van der Waals surface area contributed by atoms with Crippen LogP contribution >= 0.6 is 0 Å². The standard InChI is InChI=1S/C25H30N4O5/c1-4-25(18-5-11-21(33-3)12-6-18)23(31)29(24(32)27-25)17(2)22(30)26-19-7-9-20(10-8-19)28-13-15-34-16-14-28/h5-12,17H,4,13-16H2,1-3H3,(H,26,30)(H,27,32)/t17-,25+/m0/s1. The van der Waals surface area contributed by atoms with Gasteiger partial charge in [-0.3, -0.25) is 9.59 Å². The van der Waals surface area contributed by atoms with Crippen molar-refractivity contribution in [3.63, 3.8) is 0 Å². The molecule has 2 aliphatic rings. The molecule has 9 heteroatoms. The Morgan fingerprint density at radius 3 is 2.35 bits per heavy atom. The smallest absolute Gasteiger partial charge is 0.326 e. The Labute approximate surface area is 199 Å². The number of anilines is 2. The van der Waals surface area contributed by atoms with Crippen LogP contribution in [0.2, 0.25) is 0 Å². The number of nitrogens with zero attached hydrogens (tertiary/aromatic N) is 2. The summed E-state index contributed by atoms with van der Waals surface area (Å²) in [5, 5.41) is 5.63.